The Bertz CT molecular complexity index is 1020. The van der Waals surface area contributed by atoms with E-state index in [1.165, 1.54) is 0 Å². The van der Waals surface area contributed by atoms with Crippen molar-refractivity contribution in [3.05, 3.63) is 126 Å². The fraction of sp³-hybridized carbons (Fsp3) is 0.0800. The summed E-state index contributed by atoms with van der Waals surface area (Å²) >= 11 is 0. The number of allylic oxidation sites excluding steroid dienone is 1. The molecule has 0 aromatic heterocycles. The van der Waals surface area contributed by atoms with Gasteiger partial charge in [-0.1, -0.05) is 104 Å². The molecule has 0 N–H and O–H groups in total. The summed E-state index contributed by atoms with van der Waals surface area (Å²) in [5.74, 6) is -0.292. The van der Waals surface area contributed by atoms with Crippen molar-refractivity contribution in [3.8, 4) is 0 Å². The minimum absolute atomic E-state index is 0.292. The van der Waals surface area contributed by atoms with Crippen molar-refractivity contribution in [3.63, 3.8) is 0 Å². The highest BCUT2D eigenvalue weighted by molar-refractivity contribution is 6.24. The van der Waals surface area contributed by atoms with Gasteiger partial charge in [0.05, 0.1) is 5.92 Å². The summed E-state index contributed by atoms with van der Waals surface area (Å²) in [4.78, 5) is 6.40. The van der Waals surface area contributed by atoms with E-state index in [2.05, 4.69) is 13.2 Å². The second-order valence-corrected chi connectivity index (χ2v) is 6.79. The third-order valence-electron chi connectivity index (χ3n) is 5.08. The highest BCUT2D eigenvalue weighted by Crippen LogP contribution is 2.39. The Labute approximate surface area is 165 Å². The van der Waals surface area contributed by atoms with E-state index in [0.717, 1.165) is 22.3 Å². The van der Waals surface area contributed by atoms with Crippen LogP contribution in [0.15, 0.2) is 104 Å². The smallest absolute Gasteiger partial charge is 0.261 e. The summed E-state index contributed by atoms with van der Waals surface area (Å²) < 4.78 is 0. The number of hydrogen-bond donors (Lipinski definition) is 0. The Morgan fingerprint density at radius 3 is 1.82 bits per heavy atom. The maximum atomic E-state index is 12.9. The van der Waals surface area contributed by atoms with E-state index in [0.29, 0.717) is 16.2 Å². The molecule has 3 aromatic carbocycles. The van der Waals surface area contributed by atoms with Crippen LogP contribution >= 0.6 is 0 Å². The van der Waals surface area contributed by atoms with Gasteiger partial charge in [-0.3, -0.25) is 5.21 Å². The molecule has 3 nitrogen and oxygen atoms in total. The molecule has 1 aliphatic rings. The number of rotatable bonds is 5. The molecule has 0 saturated carbocycles. The summed E-state index contributed by atoms with van der Waals surface area (Å²) in [7, 11) is 0. The first-order valence-corrected chi connectivity index (χ1v) is 9.21. The predicted octanol–water partition coefficient (Wildman–Crippen LogP) is 5.46. The summed E-state index contributed by atoms with van der Waals surface area (Å²) in [5.41, 5.74) is 4.79. The molecule has 0 spiro atoms. The lowest BCUT2D eigenvalue weighted by Crippen LogP contribution is -2.23. The predicted molar refractivity (Wildman–Crippen MR) is 114 cm³/mol. The molecule has 0 amide bonds. The van der Waals surface area contributed by atoms with Crippen LogP contribution in [0.2, 0.25) is 0 Å². The first kappa shape index (κ1) is 17.8. The van der Waals surface area contributed by atoms with Crippen molar-refractivity contribution in [2.24, 2.45) is 0 Å². The van der Waals surface area contributed by atoms with Crippen LogP contribution in [-0.2, 0) is 4.84 Å². The van der Waals surface area contributed by atoms with Gasteiger partial charge in [-0.25, -0.2) is 0 Å². The highest BCUT2D eigenvalue weighted by Gasteiger charge is 2.44. The standard InChI is InChI=1S/C25H21NO2/c1-18(20-12-6-3-7-13-20)24-23(22-16-10-5-11-17-22)25(28-26(24)27)19(2)21-14-8-4-9-15-21/h3-17,23,25H,1-2H2/t23-,25+/m1/s1. The molecule has 3 aromatic rings. The van der Waals surface area contributed by atoms with Gasteiger partial charge in [0.25, 0.3) is 5.71 Å². The van der Waals surface area contributed by atoms with Crippen molar-refractivity contribution in [1.82, 2.24) is 0 Å². The van der Waals surface area contributed by atoms with Crippen molar-refractivity contribution < 1.29 is 9.74 Å². The SMILES string of the molecule is C=C(C1=[N+]([O-])O[C@@H](C(=C)c2ccccc2)[C@@H]1c1ccccc1)c1ccccc1. The average Bonchev–Trinajstić information content (AvgIpc) is 3.11. The van der Waals surface area contributed by atoms with Gasteiger partial charge in [0, 0.05) is 10.5 Å². The summed E-state index contributed by atoms with van der Waals surface area (Å²) in [6, 6.07) is 29.4. The van der Waals surface area contributed by atoms with Gasteiger partial charge < -0.3 is 4.84 Å². The number of hydrogen-bond acceptors (Lipinski definition) is 2. The average molecular weight is 367 g/mol. The normalized spacial score (nSPS) is 18.6. The van der Waals surface area contributed by atoms with E-state index in [4.69, 9.17) is 4.84 Å². The van der Waals surface area contributed by atoms with E-state index < -0.39 is 6.10 Å². The van der Waals surface area contributed by atoms with Crippen LogP contribution in [0.4, 0.5) is 0 Å². The fourth-order valence-electron chi connectivity index (χ4n) is 3.64. The number of nitrogens with zero attached hydrogens (tertiary/aromatic N) is 1. The maximum Gasteiger partial charge on any atom is 0.261 e. The molecule has 0 radical (unpaired) electrons. The molecule has 1 heterocycles. The van der Waals surface area contributed by atoms with E-state index in [9.17, 15) is 5.21 Å². The van der Waals surface area contributed by atoms with Gasteiger partial charge in [0.1, 0.15) is 6.10 Å². The molecule has 4 rings (SSSR count). The van der Waals surface area contributed by atoms with Crippen molar-refractivity contribution in [2.75, 3.05) is 0 Å². The Hall–Kier alpha value is -3.59. The summed E-state index contributed by atoms with van der Waals surface area (Å²) in [6.07, 6.45) is -0.502. The Kier molecular flexibility index (Phi) is 4.81. The fourth-order valence-corrected chi connectivity index (χ4v) is 3.64. The Morgan fingerprint density at radius 2 is 1.25 bits per heavy atom. The lowest BCUT2D eigenvalue weighted by atomic mass is 9.81. The van der Waals surface area contributed by atoms with Gasteiger partial charge in [-0.2, -0.15) is 0 Å². The lowest BCUT2D eigenvalue weighted by Gasteiger charge is -2.22. The maximum absolute atomic E-state index is 12.9. The lowest BCUT2D eigenvalue weighted by molar-refractivity contribution is -0.736. The van der Waals surface area contributed by atoms with E-state index in [1.54, 1.807) is 0 Å². The molecule has 0 aliphatic carbocycles. The van der Waals surface area contributed by atoms with Crippen LogP contribution < -0.4 is 0 Å². The van der Waals surface area contributed by atoms with Crippen LogP contribution in [0.25, 0.3) is 11.1 Å². The molecule has 0 fully saturated rings. The minimum atomic E-state index is -0.502. The van der Waals surface area contributed by atoms with E-state index in [-0.39, 0.29) is 5.92 Å². The zero-order chi connectivity index (χ0) is 19.5. The first-order chi connectivity index (χ1) is 13.7. The molecule has 138 valence electrons. The molecular weight excluding hydrogens is 346 g/mol. The van der Waals surface area contributed by atoms with Gasteiger partial charge in [-0.05, 0) is 22.3 Å². The second kappa shape index (κ2) is 7.57. The van der Waals surface area contributed by atoms with Crippen LogP contribution in [0.3, 0.4) is 0 Å². The molecule has 0 unspecified atom stereocenters. The Morgan fingerprint density at radius 1 is 0.750 bits per heavy atom. The van der Waals surface area contributed by atoms with Crippen molar-refractivity contribution in [1.29, 1.82) is 0 Å². The van der Waals surface area contributed by atoms with E-state index in [1.807, 2.05) is 91.0 Å². The number of benzene rings is 3. The molecule has 1 aliphatic heterocycles. The van der Waals surface area contributed by atoms with Gasteiger partial charge in [-0.15, -0.1) is 0 Å². The minimum Gasteiger partial charge on any atom is -0.394 e. The summed E-state index contributed by atoms with van der Waals surface area (Å²) in [6.45, 7) is 8.46. The van der Waals surface area contributed by atoms with E-state index >= 15 is 0 Å². The van der Waals surface area contributed by atoms with Crippen LogP contribution in [0.5, 0.6) is 0 Å². The monoisotopic (exact) mass is 367 g/mol. The van der Waals surface area contributed by atoms with Gasteiger partial charge in [0.15, 0.2) is 0 Å². The highest BCUT2D eigenvalue weighted by atomic mass is 16.9. The summed E-state index contributed by atoms with van der Waals surface area (Å²) in [5, 5.41) is 12.9. The van der Waals surface area contributed by atoms with Crippen LogP contribution in [-0.4, -0.2) is 16.7 Å². The zero-order valence-corrected chi connectivity index (χ0v) is 15.5. The van der Waals surface area contributed by atoms with Gasteiger partial charge >= 0.3 is 0 Å². The molecule has 3 heteroatoms. The first-order valence-electron chi connectivity index (χ1n) is 9.21. The van der Waals surface area contributed by atoms with Crippen molar-refractivity contribution >= 4 is 16.9 Å². The molecule has 0 saturated heterocycles. The van der Waals surface area contributed by atoms with Crippen LogP contribution in [0, 0.1) is 5.21 Å². The largest absolute Gasteiger partial charge is 0.394 e. The molecule has 2 atom stereocenters. The third-order valence-corrected chi connectivity index (χ3v) is 5.08. The Balaban J connectivity index is 1.78. The zero-order valence-electron chi connectivity index (χ0n) is 15.5. The molecule has 0 bridgehead atoms. The van der Waals surface area contributed by atoms with Crippen molar-refractivity contribution in [2.45, 2.75) is 12.0 Å². The third kappa shape index (κ3) is 3.23. The quantitative estimate of drug-likeness (QED) is 0.561. The van der Waals surface area contributed by atoms with Gasteiger partial charge in [0.2, 0.25) is 0 Å². The van der Waals surface area contributed by atoms with Crippen LogP contribution in [0.1, 0.15) is 22.6 Å². The molecular formula is C25H21NO2. The topological polar surface area (TPSA) is 35.3 Å². The molecule has 28 heavy (non-hydrogen) atoms. The second-order valence-electron chi connectivity index (χ2n) is 6.79.